The maximum absolute atomic E-state index is 12.4. The lowest BCUT2D eigenvalue weighted by atomic mass is 10.0. The molecule has 0 radical (unpaired) electrons. The van der Waals surface area contributed by atoms with E-state index >= 15 is 0 Å². The average Bonchev–Trinajstić information content (AvgIpc) is 3.16. The van der Waals surface area contributed by atoms with E-state index in [1.807, 2.05) is 24.3 Å². The molecule has 9 nitrogen and oxygen atoms in total. The van der Waals surface area contributed by atoms with Gasteiger partial charge in [-0.05, 0) is 23.8 Å². The number of aliphatic carboxylic acids is 1. The fourth-order valence-electron chi connectivity index (χ4n) is 3.36. The van der Waals surface area contributed by atoms with E-state index in [4.69, 9.17) is 0 Å². The Labute approximate surface area is 170 Å². The first-order valence-electron chi connectivity index (χ1n) is 9.42. The molecule has 1 atom stereocenters. The summed E-state index contributed by atoms with van der Waals surface area (Å²) < 4.78 is 1.11. The summed E-state index contributed by atoms with van der Waals surface area (Å²) in [6.45, 7) is 0.00191. The Balaban J connectivity index is 1.43. The van der Waals surface area contributed by atoms with Gasteiger partial charge < -0.3 is 15.4 Å². The molecule has 2 heterocycles. The Kier molecular flexibility index (Phi) is 5.25. The third kappa shape index (κ3) is 3.90. The van der Waals surface area contributed by atoms with Gasteiger partial charge >= 0.3 is 5.97 Å². The Morgan fingerprint density at radius 3 is 2.63 bits per heavy atom. The molecule has 4 aromatic rings. The van der Waals surface area contributed by atoms with Crippen molar-refractivity contribution >= 4 is 33.7 Å². The average molecular weight is 405 g/mol. The normalized spacial score (nSPS) is 12.1. The van der Waals surface area contributed by atoms with E-state index in [9.17, 15) is 19.5 Å². The van der Waals surface area contributed by atoms with Crippen LogP contribution in [0.2, 0.25) is 0 Å². The lowest BCUT2D eigenvalue weighted by Crippen LogP contribution is -2.42. The minimum Gasteiger partial charge on any atom is -0.480 e. The first kappa shape index (κ1) is 19.3. The van der Waals surface area contributed by atoms with E-state index in [0.29, 0.717) is 10.9 Å². The van der Waals surface area contributed by atoms with E-state index in [2.05, 4.69) is 20.6 Å². The molecule has 0 fully saturated rings. The molecule has 0 bridgehead atoms. The van der Waals surface area contributed by atoms with E-state index in [1.165, 1.54) is 0 Å². The molecule has 2 aromatic carbocycles. The molecule has 2 aromatic heterocycles. The summed E-state index contributed by atoms with van der Waals surface area (Å²) in [6.07, 6.45) is 1.79. The van der Waals surface area contributed by atoms with Gasteiger partial charge in [0.05, 0.1) is 11.9 Å². The topological polar surface area (TPSA) is 130 Å². The van der Waals surface area contributed by atoms with Crippen LogP contribution in [0.3, 0.4) is 0 Å². The number of carbonyl (C=O) groups is 2. The zero-order valence-electron chi connectivity index (χ0n) is 15.9. The molecule has 30 heavy (non-hydrogen) atoms. The predicted molar refractivity (Wildman–Crippen MR) is 110 cm³/mol. The summed E-state index contributed by atoms with van der Waals surface area (Å²) >= 11 is 0. The molecule has 0 aliphatic carbocycles. The minimum absolute atomic E-state index is 0.00191. The highest BCUT2D eigenvalue weighted by molar-refractivity contribution is 5.86. The smallest absolute Gasteiger partial charge is 0.326 e. The number of hydrogen-bond donors (Lipinski definition) is 3. The van der Waals surface area contributed by atoms with Gasteiger partial charge in [0.2, 0.25) is 5.91 Å². The van der Waals surface area contributed by atoms with Gasteiger partial charge in [-0.1, -0.05) is 35.5 Å². The summed E-state index contributed by atoms with van der Waals surface area (Å²) in [5.41, 5.74) is 1.84. The summed E-state index contributed by atoms with van der Waals surface area (Å²) in [5.74, 6) is -1.61. The zero-order chi connectivity index (χ0) is 21.1. The van der Waals surface area contributed by atoms with Crippen LogP contribution in [0.4, 0.5) is 0 Å². The van der Waals surface area contributed by atoms with Crippen LogP contribution < -0.4 is 10.9 Å². The van der Waals surface area contributed by atoms with E-state index in [1.54, 1.807) is 30.5 Å². The minimum atomic E-state index is -1.13. The van der Waals surface area contributed by atoms with Crippen molar-refractivity contribution in [3.05, 3.63) is 70.6 Å². The lowest BCUT2D eigenvalue weighted by Gasteiger charge is -2.14. The number of fused-ring (bicyclic) bond motifs is 2. The van der Waals surface area contributed by atoms with Gasteiger partial charge in [0.25, 0.3) is 5.56 Å². The van der Waals surface area contributed by atoms with Gasteiger partial charge in [0.15, 0.2) is 0 Å². The molecular formula is C21H19N5O4. The van der Waals surface area contributed by atoms with Crippen LogP contribution in [-0.4, -0.2) is 43.0 Å². The van der Waals surface area contributed by atoms with Crippen molar-refractivity contribution in [1.29, 1.82) is 0 Å². The Morgan fingerprint density at radius 1 is 1.10 bits per heavy atom. The zero-order valence-corrected chi connectivity index (χ0v) is 15.9. The molecule has 1 amide bonds. The monoisotopic (exact) mass is 405 g/mol. The number of para-hydroxylation sites is 1. The van der Waals surface area contributed by atoms with Crippen molar-refractivity contribution in [2.24, 2.45) is 0 Å². The number of carboxylic acids is 1. The number of carbonyl (C=O) groups excluding carboxylic acids is 1. The Hall–Kier alpha value is -4.01. The van der Waals surface area contributed by atoms with Crippen LogP contribution in [0.25, 0.3) is 21.8 Å². The second-order valence-electron chi connectivity index (χ2n) is 6.91. The van der Waals surface area contributed by atoms with E-state index < -0.39 is 17.9 Å². The summed E-state index contributed by atoms with van der Waals surface area (Å²) in [5, 5.41) is 21.2. The van der Waals surface area contributed by atoms with E-state index in [0.717, 1.165) is 21.1 Å². The molecule has 4 rings (SSSR count). The molecule has 0 saturated carbocycles. The van der Waals surface area contributed by atoms with Crippen molar-refractivity contribution in [3.8, 4) is 0 Å². The van der Waals surface area contributed by atoms with E-state index in [-0.39, 0.29) is 24.9 Å². The molecule has 9 heteroatoms. The van der Waals surface area contributed by atoms with Crippen LogP contribution >= 0.6 is 0 Å². The number of aromatic amines is 1. The second kappa shape index (κ2) is 8.16. The fourth-order valence-corrected chi connectivity index (χ4v) is 3.36. The molecule has 0 aliphatic rings. The second-order valence-corrected chi connectivity index (χ2v) is 6.91. The van der Waals surface area contributed by atoms with Crippen molar-refractivity contribution in [1.82, 2.24) is 25.3 Å². The standard InChI is InChI=1S/C21H19N5O4/c27-19(9-10-26-20(28)15-6-2-4-8-17(15)24-25-26)23-18(21(29)30)11-13-12-22-16-7-3-1-5-14(13)16/h1-8,12,18,22H,9-11H2,(H,23,27)(H,29,30)/t18-/m0/s1. The largest absolute Gasteiger partial charge is 0.480 e. The summed E-state index contributed by atoms with van der Waals surface area (Å²) in [4.78, 5) is 39.6. The van der Waals surface area contributed by atoms with Crippen LogP contribution in [0, 0.1) is 0 Å². The first-order chi connectivity index (χ1) is 14.5. The van der Waals surface area contributed by atoms with Gasteiger partial charge in [-0.15, -0.1) is 5.10 Å². The number of carboxylic acid groups (broad SMARTS) is 1. The molecule has 0 spiro atoms. The summed E-state index contributed by atoms with van der Waals surface area (Å²) in [6, 6.07) is 13.3. The van der Waals surface area contributed by atoms with Crippen LogP contribution in [0.5, 0.6) is 0 Å². The van der Waals surface area contributed by atoms with Gasteiger partial charge in [-0.3, -0.25) is 9.59 Å². The highest BCUT2D eigenvalue weighted by Crippen LogP contribution is 2.19. The van der Waals surface area contributed by atoms with Crippen molar-refractivity contribution < 1.29 is 14.7 Å². The Bertz CT molecular complexity index is 1290. The van der Waals surface area contributed by atoms with Gasteiger partial charge in [0, 0.05) is 29.9 Å². The molecule has 152 valence electrons. The van der Waals surface area contributed by atoms with Crippen LogP contribution in [0.15, 0.2) is 59.5 Å². The van der Waals surface area contributed by atoms with Crippen molar-refractivity contribution in [3.63, 3.8) is 0 Å². The maximum Gasteiger partial charge on any atom is 0.326 e. The van der Waals surface area contributed by atoms with Crippen molar-refractivity contribution in [2.45, 2.75) is 25.4 Å². The molecule has 0 unspecified atom stereocenters. The van der Waals surface area contributed by atoms with Gasteiger partial charge in [0.1, 0.15) is 11.6 Å². The number of nitrogens with zero attached hydrogens (tertiary/aromatic N) is 3. The first-order valence-corrected chi connectivity index (χ1v) is 9.42. The van der Waals surface area contributed by atoms with Gasteiger partial charge in [-0.25, -0.2) is 9.48 Å². The molecule has 0 saturated heterocycles. The molecular weight excluding hydrogens is 386 g/mol. The third-order valence-corrected chi connectivity index (χ3v) is 4.91. The number of aryl methyl sites for hydroxylation is 1. The van der Waals surface area contributed by atoms with Crippen LogP contribution in [-0.2, 0) is 22.6 Å². The Morgan fingerprint density at radius 2 is 1.83 bits per heavy atom. The fraction of sp³-hybridized carbons (Fsp3) is 0.190. The van der Waals surface area contributed by atoms with Crippen LogP contribution in [0.1, 0.15) is 12.0 Å². The molecule has 3 N–H and O–H groups in total. The summed E-state index contributed by atoms with van der Waals surface area (Å²) in [7, 11) is 0. The number of benzene rings is 2. The van der Waals surface area contributed by atoms with Gasteiger partial charge in [-0.2, -0.15) is 0 Å². The number of H-pyrrole nitrogens is 1. The molecule has 0 aliphatic heterocycles. The highest BCUT2D eigenvalue weighted by atomic mass is 16.4. The quantitative estimate of drug-likeness (QED) is 0.427. The SMILES string of the molecule is O=C(CCn1nnc2ccccc2c1=O)N[C@@H](Cc1c[nH]c2ccccc12)C(=O)O. The third-order valence-electron chi connectivity index (χ3n) is 4.91. The number of rotatable bonds is 7. The number of nitrogens with one attached hydrogen (secondary N) is 2. The maximum atomic E-state index is 12.4. The number of hydrogen-bond acceptors (Lipinski definition) is 5. The highest BCUT2D eigenvalue weighted by Gasteiger charge is 2.22. The number of amides is 1. The predicted octanol–water partition coefficient (Wildman–Crippen LogP) is 1.47. The van der Waals surface area contributed by atoms with Crippen molar-refractivity contribution in [2.75, 3.05) is 0 Å². The number of aromatic nitrogens is 4. The lowest BCUT2D eigenvalue weighted by molar-refractivity contribution is -0.141.